The minimum absolute atomic E-state index is 0.00689. The van der Waals surface area contributed by atoms with Gasteiger partial charge in [0.2, 0.25) is 0 Å². The van der Waals surface area contributed by atoms with E-state index in [1.54, 1.807) is 34.8 Å². The average Bonchev–Trinajstić information content (AvgIpc) is 3.28. The van der Waals surface area contributed by atoms with Crippen LogP contribution in [0.2, 0.25) is 0 Å². The Morgan fingerprint density at radius 3 is 2.08 bits per heavy atom. The average molecular weight is 376 g/mol. The van der Waals surface area contributed by atoms with E-state index in [0.717, 1.165) is 18.7 Å². The van der Waals surface area contributed by atoms with Crippen LogP contribution in [0.4, 0.5) is 4.39 Å². The van der Waals surface area contributed by atoms with Crippen LogP contribution in [-0.2, 0) is 24.4 Å². The summed E-state index contributed by atoms with van der Waals surface area (Å²) >= 11 is 3.44. The lowest BCUT2D eigenvalue weighted by atomic mass is 10.2. The maximum atomic E-state index is 12.9. The third kappa shape index (κ3) is 5.77. The van der Waals surface area contributed by atoms with Crippen LogP contribution in [0.15, 0.2) is 59.3 Å². The second kappa shape index (κ2) is 8.89. The van der Waals surface area contributed by atoms with Gasteiger partial charge < -0.3 is 10.2 Å². The number of hydrogen-bond acceptors (Lipinski definition) is 3. The number of thiophene rings is 2. The lowest BCUT2D eigenvalue weighted by Crippen LogP contribution is -3.10. The number of quaternary nitrogens is 1. The van der Waals surface area contributed by atoms with E-state index >= 15 is 0 Å². The molecule has 6 heteroatoms. The number of nitrogens with one attached hydrogen (secondary N) is 2. The normalized spacial score (nSPS) is 11.0. The zero-order valence-corrected chi connectivity index (χ0v) is 15.3. The second-order valence-corrected chi connectivity index (χ2v) is 7.91. The molecule has 25 heavy (non-hydrogen) atoms. The van der Waals surface area contributed by atoms with Gasteiger partial charge in [-0.05, 0) is 40.6 Å². The van der Waals surface area contributed by atoms with Gasteiger partial charge in [-0.15, -0.1) is 22.7 Å². The van der Waals surface area contributed by atoms with Gasteiger partial charge in [0.25, 0.3) is 5.91 Å². The van der Waals surface area contributed by atoms with Gasteiger partial charge in [0, 0.05) is 6.54 Å². The SMILES string of the molecule is O=C(C[NH+](Cc1cccs1)Cc1cccs1)NCc1ccc(F)cc1. The quantitative estimate of drug-likeness (QED) is 0.624. The molecule has 0 aliphatic heterocycles. The van der Waals surface area contributed by atoms with E-state index in [1.807, 2.05) is 12.1 Å². The lowest BCUT2D eigenvalue weighted by Gasteiger charge is -2.18. The maximum Gasteiger partial charge on any atom is 0.275 e. The smallest absolute Gasteiger partial charge is 0.275 e. The fraction of sp³-hybridized carbons (Fsp3) is 0.211. The summed E-state index contributed by atoms with van der Waals surface area (Å²) in [5.74, 6) is -0.259. The van der Waals surface area contributed by atoms with Crippen molar-refractivity contribution in [3.8, 4) is 0 Å². The molecule has 0 aliphatic carbocycles. The van der Waals surface area contributed by atoms with Crippen LogP contribution >= 0.6 is 22.7 Å². The topological polar surface area (TPSA) is 33.5 Å². The van der Waals surface area contributed by atoms with Crippen LogP contribution in [0.25, 0.3) is 0 Å². The van der Waals surface area contributed by atoms with Crippen molar-refractivity contribution >= 4 is 28.6 Å². The molecule has 3 nitrogen and oxygen atoms in total. The molecular formula is C19H20FN2OS2+. The Labute approximate surface area is 154 Å². The van der Waals surface area contributed by atoms with Crippen molar-refractivity contribution in [2.45, 2.75) is 19.6 Å². The summed E-state index contributed by atoms with van der Waals surface area (Å²) in [6, 6.07) is 14.5. The highest BCUT2D eigenvalue weighted by molar-refractivity contribution is 7.10. The zero-order chi connectivity index (χ0) is 17.5. The fourth-order valence-corrected chi connectivity index (χ4v) is 4.15. The van der Waals surface area contributed by atoms with E-state index in [4.69, 9.17) is 0 Å². The van der Waals surface area contributed by atoms with E-state index in [-0.39, 0.29) is 11.7 Å². The Morgan fingerprint density at radius 1 is 0.960 bits per heavy atom. The molecule has 3 rings (SSSR count). The number of carbonyl (C=O) groups excluding carboxylic acids is 1. The van der Waals surface area contributed by atoms with Crippen LogP contribution in [0.3, 0.4) is 0 Å². The first-order valence-corrected chi connectivity index (χ1v) is 9.84. The first-order chi connectivity index (χ1) is 12.2. The van der Waals surface area contributed by atoms with E-state index in [0.29, 0.717) is 13.1 Å². The Morgan fingerprint density at radius 2 is 1.56 bits per heavy atom. The minimum Gasteiger partial charge on any atom is -0.347 e. The fourth-order valence-electron chi connectivity index (χ4n) is 2.60. The van der Waals surface area contributed by atoms with Crippen molar-refractivity contribution in [2.24, 2.45) is 0 Å². The highest BCUT2D eigenvalue weighted by Gasteiger charge is 2.16. The molecule has 1 aromatic carbocycles. The molecule has 130 valence electrons. The molecule has 0 unspecified atom stereocenters. The molecule has 0 spiro atoms. The highest BCUT2D eigenvalue weighted by atomic mass is 32.1. The number of hydrogen-bond donors (Lipinski definition) is 2. The molecule has 0 bridgehead atoms. The summed E-state index contributed by atoms with van der Waals surface area (Å²) in [6.07, 6.45) is 0. The predicted molar refractivity (Wildman–Crippen MR) is 100 cm³/mol. The zero-order valence-electron chi connectivity index (χ0n) is 13.7. The van der Waals surface area contributed by atoms with Crippen LogP contribution in [0, 0.1) is 5.82 Å². The molecular weight excluding hydrogens is 355 g/mol. The van der Waals surface area contributed by atoms with Crippen LogP contribution in [0.1, 0.15) is 15.3 Å². The number of halogens is 1. The molecule has 0 saturated carbocycles. The number of rotatable bonds is 8. The summed E-state index contributed by atoms with van der Waals surface area (Å²) in [5, 5.41) is 7.06. The maximum absolute atomic E-state index is 12.9. The lowest BCUT2D eigenvalue weighted by molar-refractivity contribution is -0.919. The van der Waals surface area contributed by atoms with Gasteiger partial charge in [-0.25, -0.2) is 4.39 Å². The third-order valence-electron chi connectivity index (χ3n) is 3.82. The molecule has 0 aliphatic rings. The Hall–Kier alpha value is -2.02. The highest BCUT2D eigenvalue weighted by Crippen LogP contribution is 2.09. The van der Waals surface area contributed by atoms with Gasteiger partial charge in [0.15, 0.2) is 6.54 Å². The van der Waals surface area contributed by atoms with Crippen molar-refractivity contribution in [3.05, 3.63) is 80.4 Å². The third-order valence-corrected chi connectivity index (χ3v) is 5.57. The summed E-state index contributed by atoms with van der Waals surface area (Å²) < 4.78 is 12.9. The Bertz CT molecular complexity index is 734. The van der Waals surface area contributed by atoms with Gasteiger partial charge in [-0.2, -0.15) is 0 Å². The van der Waals surface area contributed by atoms with Crippen molar-refractivity contribution < 1.29 is 14.1 Å². The first-order valence-electron chi connectivity index (χ1n) is 8.08. The molecule has 2 aromatic heterocycles. The molecule has 1 amide bonds. The van der Waals surface area contributed by atoms with Gasteiger partial charge >= 0.3 is 0 Å². The van der Waals surface area contributed by atoms with Crippen molar-refractivity contribution in [1.29, 1.82) is 0 Å². The summed E-state index contributed by atoms with van der Waals surface area (Å²) in [7, 11) is 0. The van der Waals surface area contributed by atoms with Gasteiger partial charge in [-0.1, -0.05) is 24.3 Å². The summed E-state index contributed by atoms with van der Waals surface area (Å²) in [5.41, 5.74) is 0.896. The standard InChI is InChI=1S/C19H19FN2OS2/c20-16-7-5-15(6-8-16)11-21-19(23)14-22(12-17-3-1-9-24-17)13-18-4-2-10-25-18/h1-10H,11-14H2,(H,21,23)/p+1. The van der Waals surface area contributed by atoms with Gasteiger partial charge in [0.1, 0.15) is 18.9 Å². The van der Waals surface area contributed by atoms with Crippen LogP contribution in [-0.4, -0.2) is 12.5 Å². The van der Waals surface area contributed by atoms with Gasteiger partial charge in [0.05, 0.1) is 9.75 Å². The van der Waals surface area contributed by atoms with E-state index < -0.39 is 0 Å². The molecule has 0 saturated heterocycles. The second-order valence-electron chi connectivity index (χ2n) is 5.84. The number of amides is 1. The Balaban J connectivity index is 1.56. The largest absolute Gasteiger partial charge is 0.347 e. The Kier molecular flexibility index (Phi) is 6.33. The van der Waals surface area contributed by atoms with Crippen molar-refractivity contribution in [3.63, 3.8) is 0 Å². The number of carbonyl (C=O) groups is 1. The van der Waals surface area contributed by atoms with E-state index in [1.165, 1.54) is 26.8 Å². The summed E-state index contributed by atoms with van der Waals surface area (Å²) in [4.78, 5) is 16.1. The van der Waals surface area contributed by atoms with Gasteiger partial charge in [-0.3, -0.25) is 4.79 Å². The molecule has 0 fully saturated rings. The molecule has 0 radical (unpaired) electrons. The predicted octanol–water partition coefficient (Wildman–Crippen LogP) is 2.85. The first kappa shape index (κ1) is 17.8. The van der Waals surface area contributed by atoms with Crippen molar-refractivity contribution in [1.82, 2.24) is 5.32 Å². The van der Waals surface area contributed by atoms with Crippen LogP contribution < -0.4 is 10.2 Å². The molecule has 0 atom stereocenters. The molecule has 2 heterocycles. The molecule has 2 N–H and O–H groups in total. The number of benzene rings is 1. The molecule has 3 aromatic rings. The van der Waals surface area contributed by atoms with Crippen LogP contribution in [0.5, 0.6) is 0 Å². The van der Waals surface area contributed by atoms with Crippen molar-refractivity contribution in [2.75, 3.05) is 6.54 Å². The summed E-state index contributed by atoms with van der Waals surface area (Å²) in [6.45, 7) is 2.50. The minimum atomic E-state index is -0.266. The van der Waals surface area contributed by atoms with E-state index in [9.17, 15) is 9.18 Å². The monoisotopic (exact) mass is 375 g/mol. The van der Waals surface area contributed by atoms with E-state index in [2.05, 4.69) is 28.2 Å².